The predicted molar refractivity (Wildman–Crippen MR) is 117 cm³/mol. The topological polar surface area (TPSA) is 69.8 Å². The number of alkyl halides is 3. The summed E-state index contributed by atoms with van der Waals surface area (Å²) in [6.07, 6.45) is -1.76. The van der Waals surface area contributed by atoms with Gasteiger partial charge in [0, 0.05) is 47.9 Å². The molecule has 6 nitrogen and oxygen atoms in total. The van der Waals surface area contributed by atoms with Crippen LogP contribution in [0.5, 0.6) is 17.2 Å². The van der Waals surface area contributed by atoms with E-state index in [0.29, 0.717) is 24.3 Å². The van der Waals surface area contributed by atoms with Crippen LogP contribution in [0.4, 0.5) is 17.6 Å². The summed E-state index contributed by atoms with van der Waals surface area (Å²) in [5.41, 5.74) is 0.993. The van der Waals surface area contributed by atoms with E-state index in [0.717, 1.165) is 18.9 Å². The molecule has 3 aromatic rings. The quantitative estimate of drug-likeness (QED) is 0.199. The zero-order chi connectivity index (χ0) is 24.7. The highest BCUT2D eigenvalue weighted by molar-refractivity contribution is 6.09. The van der Waals surface area contributed by atoms with Gasteiger partial charge in [0.1, 0.15) is 18.2 Å². The Kier molecular flexibility index (Phi) is 8.38. The summed E-state index contributed by atoms with van der Waals surface area (Å²) in [7, 11) is 1.21. The third-order valence-corrected chi connectivity index (χ3v) is 5.00. The van der Waals surface area contributed by atoms with Crippen LogP contribution in [-0.4, -0.2) is 44.1 Å². The minimum absolute atomic E-state index is 0.138. The van der Waals surface area contributed by atoms with Crippen molar-refractivity contribution in [1.82, 2.24) is 4.98 Å². The monoisotopic (exact) mass is 483 g/mol. The Bertz CT molecular complexity index is 1130. The Morgan fingerprint density at radius 2 is 1.82 bits per heavy atom. The van der Waals surface area contributed by atoms with Gasteiger partial charge in [0.25, 0.3) is 0 Å². The molecular weight excluding hydrogens is 458 g/mol. The van der Waals surface area contributed by atoms with Crippen molar-refractivity contribution in [2.75, 3.05) is 26.9 Å². The van der Waals surface area contributed by atoms with E-state index in [9.17, 15) is 22.4 Å². The van der Waals surface area contributed by atoms with Crippen LogP contribution in [0.15, 0.2) is 36.5 Å². The number of carbonyl (C=O) groups excluding carboxylic acids is 1. The van der Waals surface area contributed by atoms with E-state index in [4.69, 9.17) is 14.2 Å². The zero-order valence-corrected chi connectivity index (χ0v) is 18.8. The van der Waals surface area contributed by atoms with E-state index < -0.39 is 23.7 Å². The van der Waals surface area contributed by atoms with Crippen molar-refractivity contribution in [3.63, 3.8) is 0 Å². The molecule has 0 spiro atoms. The highest BCUT2D eigenvalue weighted by atomic mass is 19.4. The number of aromatic amines is 1. The summed E-state index contributed by atoms with van der Waals surface area (Å²) in [4.78, 5) is 15.9. The molecule has 0 saturated heterocycles. The van der Waals surface area contributed by atoms with Crippen LogP contribution in [0.2, 0.25) is 0 Å². The fourth-order valence-electron chi connectivity index (χ4n) is 3.36. The second-order valence-electron chi connectivity index (χ2n) is 7.47. The average Bonchev–Trinajstić information content (AvgIpc) is 3.19. The number of ether oxygens (including phenoxy) is 4. The fourth-order valence-corrected chi connectivity index (χ4v) is 3.36. The van der Waals surface area contributed by atoms with Crippen molar-refractivity contribution < 1.29 is 41.3 Å². The molecule has 10 heteroatoms. The van der Waals surface area contributed by atoms with E-state index in [1.165, 1.54) is 37.6 Å². The number of fused-ring (bicyclic) bond motifs is 1. The first-order chi connectivity index (χ1) is 16.2. The predicted octanol–water partition coefficient (Wildman–Crippen LogP) is 5.84. The Hall–Kier alpha value is -3.27. The number of hydrogen-bond donors (Lipinski definition) is 1. The van der Waals surface area contributed by atoms with Gasteiger partial charge < -0.3 is 23.9 Å². The number of nitrogens with one attached hydrogen (secondary N) is 1. The lowest BCUT2D eigenvalue weighted by atomic mass is 10.0. The largest absolute Gasteiger partial charge is 0.573 e. The number of H-pyrrole nitrogens is 1. The molecule has 0 atom stereocenters. The van der Waals surface area contributed by atoms with Crippen LogP contribution >= 0.6 is 0 Å². The lowest BCUT2D eigenvalue weighted by Gasteiger charge is -2.13. The molecule has 0 bridgehead atoms. The number of unbranched alkanes of at least 4 members (excludes halogenated alkanes) is 1. The lowest BCUT2D eigenvalue weighted by Crippen LogP contribution is -2.17. The maximum atomic E-state index is 13.8. The molecule has 1 heterocycles. The summed E-state index contributed by atoms with van der Waals surface area (Å²) in [6.45, 7) is 3.14. The molecule has 0 aliphatic carbocycles. The molecule has 0 unspecified atom stereocenters. The van der Waals surface area contributed by atoms with Gasteiger partial charge in [0.15, 0.2) is 17.3 Å². The van der Waals surface area contributed by atoms with Crippen molar-refractivity contribution in [3.05, 3.63) is 53.5 Å². The second kappa shape index (κ2) is 11.2. The standard InChI is InChI=1S/C24H25F4NO5/c1-3-4-7-32-8-9-33-21-11-16(25)6-5-15(21)10-20(30)18-14-29-19-13-22(31-2)23(12-17(18)19)34-24(26,27)28/h5-6,11-14,29H,3-4,7-10H2,1-2H3. The molecule has 0 aliphatic rings. The van der Waals surface area contributed by atoms with Crippen LogP contribution in [0.25, 0.3) is 10.9 Å². The van der Waals surface area contributed by atoms with Crippen molar-refractivity contribution >= 4 is 16.7 Å². The maximum absolute atomic E-state index is 13.8. The second-order valence-corrected chi connectivity index (χ2v) is 7.47. The minimum atomic E-state index is -4.93. The van der Waals surface area contributed by atoms with E-state index in [2.05, 4.69) is 9.72 Å². The molecule has 1 N–H and O–H groups in total. The first-order valence-corrected chi connectivity index (χ1v) is 10.7. The number of benzene rings is 2. The van der Waals surface area contributed by atoms with Crippen molar-refractivity contribution in [3.8, 4) is 17.2 Å². The maximum Gasteiger partial charge on any atom is 0.573 e. The van der Waals surface area contributed by atoms with Gasteiger partial charge >= 0.3 is 6.36 Å². The molecule has 184 valence electrons. The Morgan fingerprint density at radius 3 is 2.53 bits per heavy atom. The normalized spacial score (nSPS) is 11.6. The van der Waals surface area contributed by atoms with Gasteiger partial charge in [-0.15, -0.1) is 13.2 Å². The van der Waals surface area contributed by atoms with Gasteiger partial charge in [-0.3, -0.25) is 4.79 Å². The minimum Gasteiger partial charge on any atom is -0.493 e. The Labute approximate surface area is 193 Å². The van der Waals surface area contributed by atoms with E-state index >= 15 is 0 Å². The summed E-state index contributed by atoms with van der Waals surface area (Å²) < 4.78 is 72.2. The molecular formula is C24H25F4NO5. The molecule has 0 amide bonds. The molecule has 0 saturated carbocycles. The number of rotatable bonds is 12. The molecule has 3 rings (SSSR count). The number of hydrogen-bond acceptors (Lipinski definition) is 5. The number of Topliss-reactive ketones (excluding diaryl/α,β-unsaturated/α-hetero) is 1. The molecule has 2 aromatic carbocycles. The van der Waals surface area contributed by atoms with Crippen LogP contribution in [-0.2, 0) is 11.2 Å². The number of methoxy groups -OCH3 is 1. The van der Waals surface area contributed by atoms with E-state index in [-0.39, 0.29) is 35.5 Å². The van der Waals surface area contributed by atoms with Gasteiger partial charge in [-0.2, -0.15) is 0 Å². The summed E-state index contributed by atoms with van der Waals surface area (Å²) in [5, 5.41) is 0.235. The zero-order valence-electron chi connectivity index (χ0n) is 18.8. The summed E-state index contributed by atoms with van der Waals surface area (Å²) in [5.74, 6) is -1.42. The first kappa shape index (κ1) is 25.4. The van der Waals surface area contributed by atoms with Crippen molar-refractivity contribution in [1.29, 1.82) is 0 Å². The van der Waals surface area contributed by atoms with Crippen molar-refractivity contribution in [2.45, 2.75) is 32.5 Å². The third kappa shape index (κ3) is 6.63. The van der Waals surface area contributed by atoms with Gasteiger partial charge in [0.2, 0.25) is 0 Å². The van der Waals surface area contributed by atoms with Crippen LogP contribution < -0.4 is 14.2 Å². The number of aromatic nitrogens is 1. The summed E-state index contributed by atoms with van der Waals surface area (Å²) in [6, 6.07) is 6.25. The third-order valence-electron chi connectivity index (χ3n) is 5.00. The smallest absolute Gasteiger partial charge is 0.493 e. The van der Waals surface area contributed by atoms with Gasteiger partial charge in [-0.05, 0) is 18.6 Å². The van der Waals surface area contributed by atoms with Crippen LogP contribution in [0, 0.1) is 5.82 Å². The molecule has 0 radical (unpaired) electrons. The van der Waals surface area contributed by atoms with Crippen LogP contribution in [0.3, 0.4) is 0 Å². The highest BCUT2D eigenvalue weighted by Gasteiger charge is 2.33. The van der Waals surface area contributed by atoms with E-state index in [1.807, 2.05) is 6.92 Å². The highest BCUT2D eigenvalue weighted by Crippen LogP contribution is 2.37. The fraction of sp³-hybridized carbons (Fsp3) is 0.375. The first-order valence-electron chi connectivity index (χ1n) is 10.7. The van der Waals surface area contributed by atoms with Gasteiger partial charge in [0.05, 0.1) is 19.2 Å². The van der Waals surface area contributed by atoms with Crippen molar-refractivity contribution in [2.24, 2.45) is 0 Å². The number of carbonyl (C=O) groups is 1. The molecule has 0 fully saturated rings. The SMILES string of the molecule is CCCCOCCOc1cc(F)ccc1CC(=O)c1c[nH]c2cc(OC)c(OC(F)(F)F)cc12. The Balaban J connectivity index is 1.80. The number of halogens is 4. The Morgan fingerprint density at radius 1 is 1.03 bits per heavy atom. The molecule has 34 heavy (non-hydrogen) atoms. The summed E-state index contributed by atoms with van der Waals surface area (Å²) >= 11 is 0. The van der Waals surface area contributed by atoms with Gasteiger partial charge in [-0.1, -0.05) is 19.4 Å². The van der Waals surface area contributed by atoms with Gasteiger partial charge in [-0.25, -0.2) is 4.39 Å². The molecule has 1 aromatic heterocycles. The average molecular weight is 483 g/mol. The number of ketones is 1. The molecule has 0 aliphatic heterocycles. The van der Waals surface area contributed by atoms with E-state index in [1.54, 1.807) is 0 Å². The van der Waals surface area contributed by atoms with Crippen LogP contribution in [0.1, 0.15) is 35.7 Å². The lowest BCUT2D eigenvalue weighted by molar-refractivity contribution is -0.275.